The van der Waals surface area contributed by atoms with Crippen LogP contribution < -0.4 is 0 Å². The van der Waals surface area contributed by atoms with Crippen molar-refractivity contribution in [3.05, 3.63) is 18.9 Å². The lowest BCUT2D eigenvalue weighted by Gasteiger charge is -2.35. The van der Waals surface area contributed by atoms with Crippen LogP contribution in [0.15, 0.2) is 18.9 Å². The molecule has 0 atom stereocenters. The van der Waals surface area contributed by atoms with Crippen LogP contribution in [0.25, 0.3) is 0 Å². The van der Waals surface area contributed by atoms with Gasteiger partial charge in [0.05, 0.1) is 0 Å². The van der Waals surface area contributed by atoms with Gasteiger partial charge in [0.1, 0.15) is 0 Å². The Hall–Kier alpha value is 0.444. The molecular weight excluding hydrogens is 337 g/mol. The summed E-state index contributed by atoms with van der Waals surface area (Å²) in [5.74, 6) is 0. The molecule has 0 aliphatic rings. The van der Waals surface area contributed by atoms with Gasteiger partial charge in [-0.25, -0.2) is 0 Å². The highest BCUT2D eigenvalue weighted by Gasteiger charge is 2.47. The van der Waals surface area contributed by atoms with E-state index in [0.717, 1.165) is 0 Å². The summed E-state index contributed by atoms with van der Waals surface area (Å²) in [6.45, 7) is 23.4. The topological polar surface area (TPSA) is 36.9 Å². The fraction of sp³-hybridized carbons (Fsp3) is 0.727. The van der Waals surface area contributed by atoms with E-state index >= 15 is 0 Å². The van der Waals surface area contributed by atoms with Crippen LogP contribution in [0.3, 0.4) is 0 Å². The quantitative estimate of drug-likeness (QED) is 0.487. The van der Waals surface area contributed by atoms with E-state index in [1.807, 2.05) is 0 Å². The minimum Gasteiger partial charge on any atom is -0.399 e. The molecule has 0 saturated carbocycles. The minimum atomic E-state index is -2.80. The van der Waals surface area contributed by atoms with Crippen LogP contribution in [0.2, 0.25) is 52.4 Å². The molecular formula is C11H32O4Si5. The van der Waals surface area contributed by atoms with Crippen molar-refractivity contribution in [1.82, 2.24) is 0 Å². The van der Waals surface area contributed by atoms with Crippen LogP contribution in [0.4, 0.5) is 0 Å². The lowest BCUT2D eigenvalue weighted by Crippen LogP contribution is -2.57. The SMILES string of the molecule is C=C=C.C[SiH](C)O[Si](O[SiH](C)C)(O[SiH](C)C)O[SiH](C)C. The molecule has 0 aromatic heterocycles. The van der Waals surface area contributed by atoms with Gasteiger partial charge in [-0.3, -0.25) is 0 Å². The molecule has 9 heteroatoms. The second-order valence-electron chi connectivity index (χ2n) is 5.42. The first kappa shape index (κ1) is 22.7. The van der Waals surface area contributed by atoms with Crippen molar-refractivity contribution in [1.29, 1.82) is 0 Å². The second kappa shape index (κ2) is 12.0. The third-order valence-corrected chi connectivity index (χ3v) is 13.7. The van der Waals surface area contributed by atoms with E-state index in [-0.39, 0.29) is 0 Å². The van der Waals surface area contributed by atoms with E-state index in [2.05, 4.69) is 71.3 Å². The van der Waals surface area contributed by atoms with Gasteiger partial charge in [0, 0.05) is 0 Å². The zero-order valence-electron chi connectivity index (χ0n) is 14.4. The first-order valence-corrected chi connectivity index (χ1v) is 19.8. The predicted molar refractivity (Wildman–Crippen MR) is 100 cm³/mol. The maximum absolute atomic E-state index is 6.09. The van der Waals surface area contributed by atoms with Crippen molar-refractivity contribution < 1.29 is 16.5 Å². The van der Waals surface area contributed by atoms with Crippen LogP contribution in [0.5, 0.6) is 0 Å². The Labute approximate surface area is 133 Å². The summed E-state index contributed by atoms with van der Waals surface area (Å²) in [4.78, 5) is 0. The molecule has 0 unspecified atom stereocenters. The Morgan fingerprint density at radius 1 is 0.600 bits per heavy atom. The molecule has 0 aromatic rings. The van der Waals surface area contributed by atoms with E-state index in [1.165, 1.54) is 0 Å². The average molecular weight is 369 g/mol. The van der Waals surface area contributed by atoms with Crippen molar-refractivity contribution >= 4 is 45.2 Å². The molecule has 0 radical (unpaired) electrons. The van der Waals surface area contributed by atoms with Crippen molar-refractivity contribution in [2.75, 3.05) is 0 Å². The zero-order chi connectivity index (χ0) is 16.3. The molecule has 0 fully saturated rings. The Bertz CT molecular complexity index is 232. The van der Waals surface area contributed by atoms with Gasteiger partial charge in [0.15, 0.2) is 36.2 Å². The largest absolute Gasteiger partial charge is 0.636 e. The molecule has 0 saturated heterocycles. The van der Waals surface area contributed by atoms with Crippen LogP contribution in [-0.2, 0) is 16.5 Å². The molecule has 0 aliphatic carbocycles. The van der Waals surface area contributed by atoms with Gasteiger partial charge >= 0.3 is 9.05 Å². The second-order valence-corrected chi connectivity index (χ2v) is 18.6. The summed E-state index contributed by atoms with van der Waals surface area (Å²) in [7, 11) is -7.68. The summed E-state index contributed by atoms with van der Waals surface area (Å²) in [5.41, 5.74) is 2.25. The molecule has 0 heterocycles. The zero-order valence-corrected chi connectivity index (χ0v) is 20.0. The summed E-state index contributed by atoms with van der Waals surface area (Å²) in [5, 5.41) is 0. The van der Waals surface area contributed by atoms with Gasteiger partial charge in [-0.15, -0.1) is 5.73 Å². The fourth-order valence-electron chi connectivity index (χ4n) is 1.32. The van der Waals surface area contributed by atoms with E-state index in [0.29, 0.717) is 0 Å². The maximum atomic E-state index is 6.09. The summed E-state index contributed by atoms with van der Waals surface area (Å²) in [6.07, 6.45) is 0. The van der Waals surface area contributed by atoms with Crippen molar-refractivity contribution in [3.63, 3.8) is 0 Å². The first-order valence-electron chi connectivity index (χ1n) is 7.09. The predicted octanol–water partition coefficient (Wildman–Crippen LogP) is 2.38. The van der Waals surface area contributed by atoms with Crippen LogP contribution >= 0.6 is 0 Å². The highest BCUT2D eigenvalue weighted by molar-refractivity contribution is 6.80. The number of hydrogen-bond donors (Lipinski definition) is 0. The molecule has 20 heavy (non-hydrogen) atoms. The molecule has 0 aromatic carbocycles. The summed E-state index contributed by atoms with van der Waals surface area (Å²) < 4.78 is 24.3. The Balaban J connectivity index is 0. The molecule has 120 valence electrons. The van der Waals surface area contributed by atoms with Crippen LogP contribution in [-0.4, -0.2) is 45.2 Å². The molecule has 0 bridgehead atoms. The summed E-state index contributed by atoms with van der Waals surface area (Å²) >= 11 is 0. The summed E-state index contributed by atoms with van der Waals surface area (Å²) in [6, 6.07) is 0. The molecule has 4 nitrogen and oxygen atoms in total. The van der Waals surface area contributed by atoms with Gasteiger partial charge in [-0.2, -0.15) is 0 Å². The maximum Gasteiger partial charge on any atom is 0.636 e. The Morgan fingerprint density at radius 3 is 0.850 bits per heavy atom. The van der Waals surface area contributed by atoms with Crippen molar-refractivity contribution in [3.8, 4) is 0 Å². The van der Waals surface area contributed by atoms with Crippen molar-refractivity contribution in [2.24, 2.45) is 0 Å². The third kappa shape index (κ3) is 13.4. The van der Waals surface area contributed by atoms with Gasteiger partial charge in [-0.05, 0) is 52.4 Å². The smallest absolute Gasteiger partial charge is 0.399 e. The first-order chi connectivity index (χ1) is 9.08. The highest BCUT2D eigenvalue weighted by Crippen LogP contribution is 2.17. The molecule has 0 amide bonds. The number of hydrogen-bond acceptors (Lipinski definition) is 4. The average Bonchev–Trinajstić information content (AvgIpc) is 2.11. The van der Waals surface area contributed by atoms with E-state index in [4.69, 9.17) is 16.5 Å². The van der Waals surface area contributed by atoms with Gasteiger partial charge in [0.2, 0.25) is 0 Å². The van der Waals surface area contributed by atoms with Crippen LogP contribution in [0, 0.1) is 0 Å². The molecule has 0 aliphatic heterocycles. The molecule has 0 N–H and O–H groups in total. The normalized spacial score (nSPS) is 11.8. The number of rotatable bonds is 8. The third-order valence-electron chi connectivity index (χ3n) is 1.52. The van der Waals surface area contributed by atoms with Gasteiger partial charge in [0.25, 0.3) is 0 Å². The fourth-order valence-corrected chi connectivity index (χ4v) is 14.9. The van der Waals surface area contributed by atoms with Crippen LogP contribution in [0.1, 0.15) is 0 Å². The lowest BCUT2D eigenvalue weighted by molar-refractivity contribution is 0.164. The minimum absolute atomic E-state index is 1.22. The molecule has 0 spiro atoms. The van der Waals surface area contributed by atoms with Crippen molar-refractivity contribution in [2.45, 2.75) is 52.4 Å². The monoisotopic (exact) mass is 368 g/mol. The highest BCUT2D eigenvalue weighted by atomic mass is 28.5. The lowest BCUT2D eigenvalue weighted by atomic mass is 11.0. The van der Waals surface area contributed by atoms with E-state index < -0.39 is 45.2 Å². The van der Waals surface area contributed by atoms with Gasteiger partial charge < -0.3 is 16.5 Å². The Kier molecular flexibility index (Phi) is 13.7. The van der Waals surface area contributed by atoms with Gasteiger partial charge in [-0.1, -0.05) is 13.2 Å². The Morgan fingerprint density at radius 2 is 0.750 bits per heavy atom. The molecule has 0 rings (SSSR count). The van der Waals surface area contributed by atoms with E-state index in [9.17, 15) is 0 Å². The van der Waals surface area contributed by atoms with E-state index in [1.54, 1.807) is 0 Å². The standard InChI is InChI=1S/C8H28O4Si5.C3H4/c1-13(2)9-17(10-14(3)4,11-15(5)6)12-16(7)8;1-3-2/h13-16H,1-8H3;1-2H2.